The van der Waals surface area contributed by atoms with Gasteiger partial charge < -0.3 is 10.6 Å². The summed E-state index contributed by atoms with van der Waals surface area (Å²) in [5.74, 6) is 0.540. The van der Waals surface area contributed by atoms with Crippen LogP contribution in [0.25, 0.3) is 0 Å². The van der Waals surface area contributed by atoms with E-state index in [1.165, 1.54) is 11.1 Å². The lowest BCUT2D eigenvalue weighted by molar-refractivity contribution is 0.0712. The van der Waals surface area contributed by atoms with Gasteiger partial charge in [-0.05, 0) is 60.4 Å². The fourth-order valence-electron chi connectivity index (χ4n) is 4.23. The van der Waals surface area contributed by atoms with Crippen LogP contribution in [0.5, 0.6) is 0 Å². The number of aryl methyl sites for hydroxylation is 2. The molecule has 3 aromatic rings. The van der Waals surface area contributed by atoms with Crippen molar-refractivity contribution in [2.24, 2.45) is 5.73 Å². The zero-order valence-electron chi connectivity index (χ0n) is 17.6. The van der Waals surface area contributed by atoms with Gasteiger partial charge in [0.05, 0.1) is 5.56 Å². The summed E-state index contributed by atoms with van der Waals surface area (Å²) in [5, 5.41) is 7.64. The number of benzene rings is 2. The Morgan fingerprint density at radius 1 is 0.935 bits per heavy atom. The molecule has 2 heterocycles. The van der Waals surface area contributed by atoms with Crippen molar-refractivity contribution in [3.8, 4) is 0 Å². The molecule has 0 aliphatic carbocycles. The summed E-state index contributed by atoms with van der Waals surface area (Å²) in [5.41, 5.74) is 10.6. The van der Waals surface area contributed by atoms with Gasteiger partial charge in [-0.15, -0.1) is 0 Å². The van der Waals surface area contributed by atoms with Crippen molar-refractivity contribution >= 4 is 11.7 Å². The molecule has 5 nitrogen and oxygen atoms in total. The molecule has 1 fully saturated rings. The van der Waals surface area contributed by atoms with E-state index in [0.717, 1.165) is 49.9 Å². The first kappa shape index (κ1) is 20.8. The molecule has 5 heteroatoms. The van der Waals surface area contributed by atoms with Gasteiger partial charge in [0.15, 0.2) is 0 Å². The number of carbonyl (C=O) groups is 1. The lowest BCUT2D eigenvalue weighted by atomic mass is 9.88. The van der Waals surface area contributed by atoms with Crippen LogP contribution in [0, 0.1) is 5.41 Å². The molecular weight excluding hydrogens is 384 g/mol. The van der Waals surface area contributed by atoms with Gasteiger partial charge in [0.2, 0.25) is 0 Å². The first-order chi connectivity index (χ1) is 15.1. The molecule has 1 amide bonds. The van der Waals surface area contributed by atoms with Crippen LogP contribution >= 0.6 is 0 Å². The number of aromatic nitrogens is 1. The van der Waals surface area contributed by atoms with Gasteiger partial charge in [-0.25, -0.2) is 0 Å². The van der Waals surface area contributed by atoms with Crippen LogP contribution in [0.1, 0.15) is 51.4 Å². The Labute approximate surface area is 183 Å². The van der Waals surface area contributed by atoms with Gasteiger partial charge >= 0.3 is 0 Å². The Bertz CT molecular complexity index is 1060. The predicted octanol–water partition coefficient (Wildman–Crippen LogP) is 4.17. The molecule has 1 saturated heterocycles. The van der Waals surface area contributed by atoms with E-state index < -0.39 is 0 Å². The number of piperidine rings is 1. The second-order valence-electron chi connectivity index (χ2n) is 8.17. The average molecular weight is 413 g/mol. The normalized spacial score (nSPS) is 14.4. The van der Waals surface area contributed by atoms with Crippen molar-refractivity contribution in [1.29, 1.82) is 5.41 Å². The Balaban J connectivity index is 1.36. The summed E-state index contributed by atoms with van der Waals surface area (Å²) in [6, 6.07) is 20.3. The smallest absolute Gasteiger partial charge is 0.255 e. The molecule has 1 aliphatic rings. The number of amides is 1. The van der Waals surface area contributed by atoms with Gasteiger partial charge in [-0.2, -0.15) is 0 Å². The minimum Gasteiger partial charge on any atom is -0.384 e. The Hall–Kier alpha value is -3.47. The minimum atomic E-state index is 0.0602. The van der Waals surface area contributed by atoms with Crippen molar-refractivity contribution in [3.05, 3.63) is 101 Å². The van der Waals surface area contributed by atoms with E-state index in [-0.39, 0.29) is 11.7 Å². The van der Waals surface area contributed by atoms with Crippen LogP contribution in [-0.2, 0) is 12.8 Å². The highest BCUT2D eigenvalue weighted by Crippen LogP contribution is 2.29. The zero-order valence-corrected chi connectivity index (χ0v) is 17.6. The van der Waals surface area contributed by atoms with Crippen LogP contribution in [0.2, 0.25) is 0 Å². The molecule has 0 spiro atoms. The third-order valence-electron chi connectivity index (χ3n) is 6.04. The Morgan fingerprint density at radius 3 is 2.42 bits per heavy atom. The molecule has 3 N–H and O–H groups in total. The third-order valence-corrected chi connectivity index (χ3v) is 6.04. The number of nitrogen functional groups attached to an aromatic ring is 1. The number of nitrogens with zero attached hydrogens (tertiary/aromatic N) is 2. The maximum absolute atomic E-state index is 13.1. The highest BCUT2D eigenvalue weighted by Gasteiger charge is 2.25. The second-order valence-corrected chi connectivity index (χ2v) is 8.17. The average Bonchev–Trinajstić information content (AvgIpc) is 2.83. The van der Waals surface area contributed by atoms with Crippen molar-refractivity contribution in [1.82, 2.24) is 9.88 Å². The van der Waals surface area contributed by atoms with E-state index >= 15 is 0 Å². The molecule has 2 aromatic carbocycles. The van der Waals surface area contributed by atoms with E-state index in [2.05, 4.69) is 23.2 Å². The zero-order chi connectivity index (χ0) is 21.6. The molecule has 4 rings (SSSR count). The summed E-state index contributed by atoms with van der Waals surface area (Å²) in [4.78, 5) is 19.3. The number of hydrogen-bond donors (Lipinski definition) is 2. The molecule has 158 valence electrons. The molecule has 0 radical (unpaired) electrons. The van der Waals surface area contributed by atoms with E-state index in [9.17, 15) is 4.79 Å². The van der Waals surface area contributed by atoms with Crippen LogP contribution in [0.3, 0.4) is 0 Å². The molecule has 31 heavy (non-hydrogen) atoms. The third kappa shape index (κ3) is 5.18. The van der Waals surface area contributed by atoms with E-state index in [0.29, 0.717) is 11.5 Å². The molecule has 0 saturated carbocycles. The first-order valence-corrected chi connectivity index (χ1v) is 10.8. The predicted molar refractivity (Wildman–Crippen MR) is 123 cm³/mol. The molecular formula is C26H28N4O. The van der Waals surface area contributed by atoms with Crippen molar-refractivity contribution in [2.45, 2.75) is 31.6 Å². The van der Waals surface area contributed by atoms with Crippen LogP contribution < -0.4 is 5.73 Å². The first-order valence-electron chi connectivity index (χ1n) is 10.8. The molecule has 0 atom stereocenters. The van der Waals surface area contributed by atoms with Gasteiger partial charge in [0.1, 0.15) is 5.84 Å². The Morgan fingerprint density at radius 2 is 1.68 bits per heavy atom. The van der Waals surface area contributed by atoms with Crippen molar-refractivity contribution in [2.75, 3.05) is 13.1 Å². The lowest BCUT2D eigenvalue weighted by Crippen LogP contribution is -2.38. The number of hydrogen-bond acceptors (Lipinski definition) is 3. The molecule has 0 bridgehead atoms. The van der Waals surface area contributed by atoms with Crippen molar-refractivity contribution < 1.29 is 4.79 Å². The monoisotopic (exact) mass is 412 g/mol. The molecule has 1 aliphatic heterocycles. The van der Waals surface area contributed by atoms with Gasteiger partial charge in [-0.1, -0.05) is 48.5 Å². The Kier molecular flexibility index (Phi) is 6.41. The second kappa shape index (κ2) is 9.56. The maximum atomic E-state index is 13.1. The summed E-state index contributed by atoms with van der Waals surface area (Å²) >= 11 is 0. The number of carbonyl (C=O) groups excluding carboxylic acids is 1. The van der Waals surface area contributed by atoms with Gasteiger partial charge in [-0.3, -0.25) is 15.2 Å². The highest BCUT2D eigenvalue weighted by atomic mass is 16.2. The minimum absolute atomic E-state index is 0.0602. The number of nitrogens with two attached hydrogens (primary N) is 1. The number of rotatable bonds is 6. The van der Waals surface area contributed by atoms with Crippen molar-refractivity contribution in [3.63, 3.8) is 0 Å². The van der Waals surface area contributed by atoms with Crippen LogP contribution in [-0.4, -0.2) is 34.7 Å². The van der Waals surface area contributed by atoms with Gasteiger partial charge in [0, 0.05) is 31.0 Å². The van der Waals surface area contributed by atoms with E-state index in [1.54, 1.807) is 6.20 Å². The quantitative estimate of drug-likeness (QED) is 0.471. The summed E-state index contributed by atoms with van der Waals surface area (Å²) in [7, 11) is 0. The summed E-state index contributed by atoms with van der Waals surface area (Å²) in [6.45, 7) is 1.45. The number of likely N-dealkylation sites (tertiary alicyclic amines) is 1. The summed E-state index contributed by atoms with van der Waals surface area (Å²) < 4.78 is 0. The fraction of sp³-hybridized carbons (Fsp3) is 0.269. The maximum Gasteiger partial charge on any atom is 0.255 e. The summed E-state index contributed by atoms with van der Waals surface area (Å²) in [6.07, 6.45) is 7.16. The largest absolute Gasteiger partial charge is 0.384 e. The standard InChI is InChI=1S/C26H28N4O/c27-25(28)23-8-4-7-22(16-23)21-11-13-30(14-12-21)26(31)24-15-20(17-29-18-24)10-9-19-5-2-1-3-6-19/h1-8,15-18,21H,9-14H2,(H3,27,28). The highest BCUT2D eigenvalue weighted by molar-refractivity contribution is 5.95. The number of nitrogens with one attached hydrogen (secondary N) is 1. The lowest BCUT2D eigenvalue weighted by Gasteiger charge is -2.32. The van der Waals surface area contributed by atoms with Crippen LogP contribution in [0.15, 0.2) is 73.1 Å². The topological polar surface area (TPSA) is 83.1 Å². The van der Waals surface area contributed by atoms with E-state index in [4.69, 9.17) is 11.1 Å². The fourth-order valence-corrected chi connectivity index (χ4v) is 4.23. The molecule has 0 unspecified atom stereocenters. The number of pyridine rings is 1. The molecule has 1 aromatic heterocycles. The SMILES string of the molecule is N=C(N)c1cccc(C2CCN(C(=O)c3cncc(CCc4ccccc4)c3)CC2)c1. The van der Waals surface area contributed by atoms with Gasteiger partial charge in [0.25, 0.3) is 5.91 Å². The van der Waals surface area contributed by atoms with Crippen LogP contribution in [0.4, 0.5) is 0 Å². The van der Waals surface area contributed by atoms with E-state index in [1.807, 2.05) is 53.6 Å². The number of amidine groups is 1.